The average Bonchev–Trinajstić information content (AvgIpc) is 2.54. The monoisotopic (exact) mass is 299 g/mol. The van der Waals surface area contributed by atoms with Gasteiger partial charge in [0.15, 0.2) is 0 Å². The summed E-state index contributed by atoms with van der Waals surface area (Å²) in [6, 6.07) is 13.6. The lowest BCUT2D eigenvalue weighted by atomic mass is 9.97. The number of amides is 1. The molecule has 0 saturated carbocycles. The Bertz CT molecular complexity index is 648. The maximum Gasteiger partial charge on any atom is 0.226 e. The molecule has 0 saturated heterocycles. The Hall–Kier alpha value is -2.49. The topological polar surface area (TPSA) is 38.8 Å². The third-order valence-corrected chi connectivity index (χ3v) is 3.55. The quantitative estimate of drug-likeness (QED) is 0.852. The number of carbonyl (C=O) groups excluding carboxylic acids is 1. The number of hydrogen-bond donors (Lipinski definition) is 0. The number of carbonyl (C=O) groups is 1. The summed E-state index contributed by atoms with van der Waals surface area (Å²) in [6.07, 6.45) is 0.339. The van der Waals surface area contributed by atoms with Gasteiger partial charge in [0.25, 0.3) is 0 Å². The molecule has 0 radical (unpaired) electrons. The number of nitrogens with zero attached hydrogens (tertiary/aromatic N) is 1. The molecule has 0 spiro atoms. The molecule has 0 heterocycles. The molecule has 4 nitrogen and oxygen atoms in total. The van der Waals surface area contributed by atoms with E-state index in [9.17, 15) is 4.79 Å². The van der Waals surface area contributed by atoms with Gasteiger partial charge in [-0.2, -0.15) is 0 Å². The summed E-state index contributed by atoms with van der Waals surface area (Å²) in [5.74, 6) is 1.62. The van der Waals surface area contributed by atoms with Crippen molar-refractivity contribution in [3.8, 4) is 22.6 Å². The summed E-state index contributed by atoms with van der Waals surface area (Å²) < 4.78 is 10.5. The van der Waals surface area contributed by atoms with E-state index < -0.39 is 0 Å². The zero-order chi connectivity index (χ0) is 16.1. The zero-order valence-electron chi connectivity index (χ0n) is 13.4. The predicted molar refractivity (Wildman–Crippen MR) is 87.4 cm³/mol. The molecule has 0 aliphatic heterocycles. The van der Waals surface area contributed by atoms with Crippen molar-refractivity contribution in [1.29, 1.82) is 0 Å². The van der Waals surface area contributed by atoms with E-state index >= 15 is 0 Å². The first-order valence-corrected chi connectivity index (χ1v) is 7.06. The maximum atomic E-state index is 12.1. The molecule has 0 atom stereocenters. The molecule has 22 heavy (non-hydrogen) atoms. The molecule has 2 aromatic carbocycles. The first kappa shape index (κ1) is 15.9. The second-order valence-corrected chi connectivity index (χ2v) is 5.22. The highest BCUT2D eigenvalue weighted by atomic mass is 16.5. The third-order valence-electron chi connectivity index (χ3n) is 3.55. The van der Waals surface area contributed by atoms with Crippen LogP contribution in [0.4, 0.5) is 0 Å². The van der Waals surface area contributed by atoms with Crippen LogP contribution in [0.1, 0.15) is 5.56 Å². The van der Waals surface area contributed by atoms with Gasteiger partial charge in [0.2, 0.25) is 5.91 Å². The van der Waals surface area contributed by atoms with Gasteiger partial charge in [0, 0.05) is 14.1 Å². The molecule has 1 amide bonds. The standard InChI is InChI=1S/C18H21NO3/c1-19(2)18(20)12-14-11-16(22-4)9-10-17(14)13-5-7-15(21-3)8-6-13/h5-11H,12H2,1-4H3. The van der Waals surface area contributed by atoms with E-state index in [1.54, 1.807) is 33.2 Å². The molecule has 0 unspecified atom stereocenters. The lowest BCUT2D eigenvalue weighted by Gasteiger charge is -2.15. The maximum absolute atomic E-state index is 12.1. The average molecular weight is 299 g/mol. The molecule has 0 fully saturated rings. The highest BCUT2D eigenvalue weighted by Crippen LogP contribution is 2.29. The van der Waals surface area contributed by atoms with Crippen LogP contribution in [0.25, 0.3) is 11.1 Å². The number of benzene rings is 2. The van der Waals surface area contributed by atoms with E-state index in [0.29, 0.717) is 6.42 Å². The second kappa shape index (κ2) is 6.98. The van der Waals surface area contributed by atoms with E-state index in [1.807, 2.05) is 42.5 Å². The van der Waals surface area contributed by atoms with Crippen LogP contribution in [0.3, 0.4) is 0 Å². The Labute approximate surface area is 131 Å². The summed E-state index contributed by atoms with van der Waals surface area (Å²) in [7, 11) is 6.79. The summed E-state index contributed by atoms with van der Waals surface area (Å²) in [6.45, 7) is 0. The van der Waals surface area contributed by atoms with E-state index in [-0.39, 0.29) is 5.91 Å². The minimum atomic E-state index is 0.0583. The van der Waals surface area contributed by atoms with E-state index in [2.05, 4.69) is 0 Å². The molecule has 0 aromatic heterocycles. The van der Waals surface area contributed by atoms with Gasteiger partial charge in [-0.1, -0.05) is 18.2 Å². The van der Waals surface area contributed by atoms with Gasteiger partial charge in [-0.3, -0.25) is 4.79 Å². The van der Waals surface area contributed by atoms with Crippen molar-refractivity contribution >= 4 is 5.91 Å². The number of ether oxygens (including phenoxy) is 2. The van der Waals surface area contributed by atoms with E-state index in [4.69, 9.17) is 9.47 Å². The molecule has 116 valence electrons. The van der Waals surface area contributed by atoms with Crippen LogP contribution in [0, 0.1) is 0 Å². The molecule has 2 aromatic rings. The highest BCUT2D eigenvalue weighted by molar-refractivity contribution is 5.82. The van der Waals surface area contributed by atoms with Gasteiger partial charge < -0.3 is 14.4 Å². The van der Waals surface area contributed by atoms with Crippen LogP contribution in [0.2, 0.25) is 0 Å². The largest absolute Gasteiger partial charge is 0.497 e. The molecule has 0 aliphatic carbocycles. The molecule has 0 N–H and O–H groups in total. The Kier molecular flexibility index (Phi) is 5.04. The summed E-state index contributed by atoms with van der Waals surface area (Å²) >= 11 is 0. The lowest BCUT2D eigenvalue weighted by Crippen LogP contribution is -2.23. The van der Waals surface area contributed by atoms with Crippen LogP contribution >= 0.6 is 0 Å². The molecular weight excluding hydrogens is 278 g/mol. The summed E-state index contributed by atoms with van der Waals surface area (Å²) in [4.78, 5) is 13.7. The van der Waals surface area contributed by atoms with Gasteiger partial charge in [-0.05, 0) is 41.0 Å². The van der Waals surface area contributed by atoms with E-state index in [0.717, 1.165) is 28.2 Å². The van der Waals surface area contributed by atoms with Crippen molar-refractivity contribution in [2.75, 3.05) is 28.3 Å². The Morgan fingerprint density at radius 2 is 1.55 bits per heavy atom. The van der Waals surface area contributed by atoms with Crippen molar-refractivity contribution in [3.05, 3.63) is 48.0 Å². The minimum absolute atomic E-state index is 0.0583. The van der Waals surface area contributed by atoms with Crippen molar-refractivity contribution in [1.82, 2.24) is 4.90 Å². The normalized spacial score (nSPS) is 10.2. The molecule has 4 heteroatoms. The van der Waals surface area contributed by atoms with Crippen molar-refractivity contribution in [2.45, 2.75) is 6.42 Å². The smallest absolute Gasteiger partial charge is 0.226 e. The molecular formula is C18H21NO3. The number of likely N-dealkylation sites (N-methyl/N-ethyl adjacent to an activating group) is 1. The number of hydrogen-bond acceptors (Lipinski definition) is 3. The first-order chi connectivity index (χ1) is 10.5. The minimum Gasteiger partial charge on any atom is -0.497 e. The Morgan fingerprint density at radius 3 is 2.09 bits per heavy atom. The van der Waals surface area contributed by atoms with Gasteiger partial charge in [0.1, 0.15) is 11.5 Å². The van der Waals surface area contributed by atoms with Crippen molar-refractivity contribution in [3.63, 3.8) is 0 Å². The third kappa shape index (κ3) is 3.58. The highest BCUT2D eigenvalue weighted by Gasteiger charge is 2.12. The number of rotatable bonds is 5. The van der Waals surface area contributed by atoms with Crippen LogP contribution in [-0.2, 0) is 11.2 Å². The fraction of sp³-hybridized carbons (Fsp3) is 0.278. The van der Waals surface area contributed by atoms with E-state index in [1.165, 1.54) is 0 Å². The predicted octanol–water partition coefficient (Wildman–Crippen LogP) is 3.00. The summed E-state index contributed by atoms with van der Waals surface area (Å²) in [5.41, 5.74) is 3.02. The van der Waals surface area contributed by atoms with Gasteiger partial charge >= 0.3 is 0 Å². The Balaban J connectivity index is 2.42. The van der Waals surface area contributed by atoms with Gasteiger partial charge in [0.05, 0.1) is 20.6 Å². The molecule has 0 aliphatic rings. The van der Waals surface area contributed by atoms with Crippen LogP contribution < -0.4 is 9.47 Å². The Morgan fingerprint density at radius 1 is 0.955 bits per heavy atom. The molecule has 0 bridgehead atoms. The zero-order valence-corrected chi connectivity index (χ0v) is 13.4. The fourth-order valence-electron chi connectivity index (χ4n) is 2.22. The van der Waals surface area contributed by atoms with Gasteiger partial charge in [-0.25, -0.2) is 0 Å². The molecule has 2 rings (SSSR count). The summed E-state index contributed by atoms with van der Waals surface area (Å²) in [5, 5.41) is 0. The first-order valence-electron chi connectivity index (χ1n) is 7.06. The van der Waals surface area contributed by atoms with Crippen LogP contribution in [0.15, 0.2) is 42.5 Å². The lowest BCUT2D eigenvalue weighted by molar-refractivity contribution is -0.127. The SMILES string of the molecule is COc1ccc(-c2ccc(OC)cc2CC(=O)N(C)C)cc1. The van der Waals surface area contributed by atoms with Crippen molar-refractivity contribution in [2.24, 2.45) is 0 Å². The van der Waals surface area contributed by atoms with Gasteiger partial charge in [-0.15, -0.1) is 0 Å². The second-order valence-electron chi connectivity index (χ2n) is 5.22. The van der Waals surface area contributed by atoms with Crippen LogP contribution in [0.5, 0.6) is 11.5 Å². The van der Waals surface area contributed by atoms with Crippen LogP contribution in [-0.4, -0.2) is 39.1 Å². The number of methoxy groups -OCH3 is 2. The fourth-order valence-corrected chi connectivity index (χ4v) is 2.22. The van der Waals surface area contributed by atoms with Crippen molar-refractivity contribution < 1.29 is 14.3 Å².